The zero-order chi connectivity index (χ0) is 12.8. The lowest BCUT2D eigenvalue weighted by Gasteiger charge is -2.11. The van der Waals surface area contributed by atoms with Crippen molar-refractivity contribution in [3.8, 4) is 11.5 Å². The second kappa shape index (κ2) is 6.07. The summed E-state index contributed by atoms with van der Waals surface area (Å²) < 4.78 is 10.9. The first kappa shape index (κ1) is 12.5. The first-order valence-electron chi connectivity index (χ1n) is 5.78. The summed E-state index contributed by atoms with van der Waals surface area (Å²) in [6.45, 7) is 0.491. The summed E-state index contributed by atoms with van der Waals surface area (Å²) in [4.78, 5) is 0. The molecule has 18 heavy (non-hydrogen) atoms. The summed E-state index contributed by atoms with van der Waals surface area (Å²) in [5.74, 6) is 1.32. The van der Waals surface area contributed by atoms with E-state index in [2.05, 4.69) is 0 Å². The Labute approximate surface area is 107 Å². The van der Waals surface area contributed by atoms with E-state index in [0.29, 0.717) is 18.1 Å². The fourth-order valence-corrected chi connectivity index (χ4v) is 1.66. The van der Waals surface area contributed by atoms with Crippen LogP contribution in [0.3, 0.4) is 0 Å². The van der Waals surface area contributed by atoms with Crippen LogP contribution in [-0.2, 0) is 13.2 Å². The molecule has 0 bridgehead atoms. The SMILES string of the molecule is [13CH3]Oc1cc(CO)ccc1OCc1ccccc1. The largest absolute Gasteiger partial charge is 0.493 e. The van der Waals surface area contributed by atoms with Crippen LogP contribution in [-0.4, -0.2) is 12.2 Å². The molecule has 0 fully saturated rings. The Morgan fingerprint density at radius 1 is 0.944 bits per heavy atom. The zero-order valence-electron chi connectivity index (χ0n) is 10.3. The van der Waals surface area contributed by atoms with Gasteiger partial charge >= 0.3 is 0 Å². The van der Waals surface area contributed by atoms with Gasteiger partial charge < -0.3 is 14.6 Å². The maximum Gasteiger partial charge on any atom is 0.161 e. The number of hydrogen-bond donors (Lipinski definition) is 1. The van der Waals surface area contributed by atoms with Crippen LogP contribution >= 0.6 is 0 Å². The molecule has 3 heteroatoms. The number of methoxy groups -OCH3 is 1. The molecule has 1 N–H and O–H groups in total. The van der Waals surface area contributed by atoms with Gasteiger partial charge in [-0.1, -0.05) is 36.4 Å². The topological polar surface area (TPSA) is 38.7 Å². The van der Waals surface area contributed by atoms with Gasteiger partial charge in [-0.15, -0.1) is 0 Å². The Kier molecular flexibility index (Phi) is 4.20. The number of benzene rings is 2. The van der Waals surface area contributed by atoms with Crippen molar-refractivity contribution >= 4 is 0 Å². The molecular formula is C15H16O3. The van der Waals surface area contributed by atoms with E-state index < -0.39 is 0 Å². The summed E-state index contributed by atoms with van der Waals surface area (Å²) in [5, 5.41) is 9.06. The Morgan fingerprint density at radius 3 is 2.39 bits per heavy atom. The van der Waals surface area contributed by atoms with E-state index in [9.17, 15) is 0 Å². The first-order valence-corrected chi connectivity index (χ1v) is 5.78. The van der Waals surface area contributed by atoms with Crippen molar-refractivity contribution in [2.45, 2.75) is 13.2 Å². The lowest BCUT2D eigenvalue weighted by Crippen LogP contribution is -1.98. The molecule has 94 valence electrons. The third kappa shape index (κ3) is 3.02. The second-order valence-electron chi connectivity index (χ2n) is 3.92. The van der Waals surface area contributed by atoms with Crippen LogP contribution < -0.4 is 9.47 Å². The van der Waals surface area contributed by atoms with Crippen molar-refractivity contribution < 1.29 is 14.6 Å². The number of aliphatic hydroxyl groups is 1. The highest BCUT2D eigenvalue weighted by atomic mass is 16.5. The molecule has 0 aliphatic carbocycles. The molecule has 2 aromatic rings. The molecule has 0 aromatic heterocycles. The van der Waals surface area contributed by atoms with Crippen LogP contribution in [0.2, 0.25) is 0 Å². The molecule has 0 saturated carbocycles. The highest BCUT2D eigenvalue weighted by Gasteiger charge is 2.05. The Balaban J connectivity index is 2.09. The van der Waals surface area contributed by atoms with Crippen LogP contribution in [0.25, 0.3) is 0 Å². The predicted molar refractivity (Wildman–Crippen MR) is 69.7 cm³/mol. The van der Waals surface area contributed by atoms with E-state index in [1.54, 1.807) is 13.2 Å². The standard InChI is InChI=1S/C15H16O3/c1-17-15-9-13(10-16)7-8-14(15)18-11-12-5-3-2-4-6-12/h2-9,16H,10-11H2,1H3/i1+1. The van der Waals surface area contributed by atoms with Gasteiger partial charge in [0.05, 0.1) is 13.7 Å². The monoisotopic (exact) mass is 245 g/mol. The molecule has 0 saturated heterocycles. The van der Waals surface area contributed by atoms with Gasteiger partial charge in [0.1, 0.15) is 6.61 Å². The molecule has 0 aliphatic rings. The maximum atomic E-state index is 9.06. The Bertz CT molecular complexity index is 494. The van der Waals surface area contributed by atoms with Crippen molar-refractivity contribution in [2.24, 2.45) is 0 Å². The van der Waals surface area contributed by atoms with Crippen LogP contribution in [0.5, 0.6) is 11.5 Å². The number of rotatable bonds is 5. The zero-order valence-corrected chi connectivity index (χ0v) is 10.3. The molecule has 0 aliphatic heterocycles. The van der Waals surface area contributed by atoms with Gasteiger partial charge in [0.2, 0.25) is 0 Å². The molecular weight excluding hydrogens is 229 g/mol. The lowest BCUT2D eigenvalue weighted by atomic mass is 10.2. The van der Waals surface area contributed by atoms with Crippen LogP contribution in [0.4, 0.5) is 0 Å². The number of hydrogen-bond acceptors (Lipinski definition) is 3. The average Bonchev–Trinajstić information content (AvgIpc) is 2.46. The van der Waals surface area contributed by atoms with E-state index in [4.69, 9.17) is 14.6 Å². The van der Waals surface area contributed by atoms with Gasteiger partial charge in [-0.2, -0.15) is 0 Å². The second-order valence-corrected chi connectivity index (χ2v) is 3.92. The Morgan fingerprint density at radius 2 is 1.72 bits per heavy atom. The third-order valence-electron chi connectivity index (χ3n) is 2.65. The lowest BCUT2D eigenvalue weighted by molar-refractivity contribution is 0.274. The van der Waals surface area contributed by atoms with Gasteiger partial charge in [-0.05, 0) is 23.3 Å². The van der Waals surface area contributed by atoms with E-state index in [1.165, 1.54) is 0 Å². The molecule has 2 aromatic carbocycles. The molecule has 0 unspecified atom stereocenters. The minimum absolute atomic E-state index is 0.00464. The van der Waals surface area contributed by atoms with Crippen molar-refractivity contribution in [3.63, 3.8) is 0 Å². The van der Waals surface area contributed by atoms with Crippen LogP contribution in [0.1, 0.15) is 11.1 Å². The van der Waals surface area contributed by atoms with Crippen molar-refractivity contribution in [3.05, 3.63) is 59.7 Å². The number of ether oxygens (including phenoxy) is 2. The summed E-state index contributed by atoms with van der Waals surface area (Å²) in [5.41, 5.74) is 1.91. The molecule has 3 nitrogen and oxygen atoms in total. The van der Waals surface area contributed by atoms with Gasteiger partial charge in [-0.3, -0.25) is 0 Å². The van der Waals surface area contributed by atoms with Gasteiger partial charge in [0.15, 0.2) is 11.5 Å². The highest BCUT2D eigenvalue weighted by molar-refractivity contribution is 5.42. The summed E-state index contributed by atoms with van der Waals surface area (Å²) in [7, 11) is 1.59. The van der Waals surface area contributed by atoms with Gasteiger partial charge in [0.25, 0.3) is 0 Å². The molecule has 0 amide bonds. The van der Waals surface area contributed by atoms with E-state index in [-0.39, 0.29) is 6.61 Å². The fraction of sp³-hybridized carbons (Fsp3) is 0.200. The first-order chi connectivity index (χ1) is 8.83. The smallest absolute Gasteiger partial charge is 0.161 e. The van der Waals surface area contributed by atoms with Crippen LogP contribution in [0, 0.1) is 0 Å². The molecule has 0 radical (unpaired) electrons. The molecule has 0 spiro atoms. The summed E-state index contributed by atoms with van der Waals surface area (Å²) in [6.07, 6.45) is 0. The highest BCUT2D eigenvalue weighted by Crippen LogP contribution is 2.28. The van der Waals surface area contributed by atoms with Gasteiger partial charge in [0, 0.05) is 0 Å². The average molecular weight is 245 g/mol. The molecule has 2 rings (SSSR count). The molecule has 0 heterocycles. The van der Waals surface area contributed by atoms with Crippen LogP contribution in [0.15, 0.2) is 48.5 Å². The maximum absolute atomic E-state index is 9.06. The van der Waals surface area contributed by atoms with Crippen molar-refractivity contribution in [2.75, 3.05) is 7.11 Å². The Hall–Kier alpha value is -2.00. The normalized spacial score (nSPS) is 10.1. The number of aliphatic hydroxyl groups excluding tert-OH is 1. The molecule has 0 atom stereocenters. The van der Waals surface area contributed by atoms with E-state index >= 15 is 0 Å². The third-order valence-corrected chi connectivity index (χ3v) is 2.65. The summed E-state index contributed by atoms with van der Waals surface area (Å²) in [6, 6.07) is 15.4. The minimum Gasteiger partial charge on any atom is -0.493 e. The van der Waals surface area contributed by atoms with E-state index in [1.807, 2.05) is 42.5 Å². The van der Waals surface area contributed by atoms with E-state index in [0.717, 1.165) is 11.1 Å². The minimum atomic E-state index is -0.00464. The van der Waals surface area contributed by atoms with Crippen molar-refractivity contribution in [1.29, 1.82) is 0 Å². The fourth-order valence-electron chi connectivity index (χ4n) is 1.66. The summed E-state index contributed by atoms with van der Waals surface area (Å²) >= 11 is 0. The predicted octanol–water partition coefficient (Wildman–Crippen LogP) is 2.77. The van der Waals surface area contributed by atoms with Crippen molar-refractivity contribution in [1.82, 2.24) is 0 Å². The van der Waals surface area contributed by atoms with Gasteiger partial charge in [-0.25, -0.2) is 0 Å². The quantitative estimate of drug-likeness (QED) is 0.823.